The van der Waals surface area contributed by atoms with Crippen molar-refractivity contribution in [2.45, 2.75) is 6.92 Å². The van der Waals surface area contributed by atoms with Crippen LogP contribution in [0.5, 0.6) is 0 Å². The van der Waals surface area contributed by atoms with Crippen LogP contribution in [0.1, 0.15) is 12.5 Å². The smallest absolute Gasteiger partial charge is 0.101 e. The summed E-state index contributed by atoms with van der Waals surface area (Å²) in [5.74, 6) is 5.86. The Morgan fingerprint density at radius 1 is 0.833 bits per heavy atom. The highest BCUT2D eigenvalue weighted by Gasteiger charge is 1.94. The van der Waals surface area contributed by atoms with Crippen molar-refractivity contribution >= 4 is 17.4 Å². The van der Waals surface area contributed by atoms with Crippen molar-refractivity contribution in [3.05, 3.63) is 60.2 Å². The minimum absolute atomic E-state index is 0.784. The number of rotatable bonds is 2. The first-order valence-corrected chi connectivity index (χ1v) is 5.63. The highest BCUT2D eigenvalue weighted by molar-refractivity contribution is 5.62. The standard InChI is InChI=1S/C16H12N2/c1-2-8-14-9-6-7-12-16(14)18-13-17-15-10-4-3-5-11-15/h3-7,9-12H,1H3. The number of para-hydroxylation sites is 2. The van der Waals surface area contributed by atoms with Crippen LogP contribution in [0.4, 0.5) is 11.4 Å². The third kappa shape index (κ3) is 3.18. The maximum Gasteiger partial charge on any atom is 0.101 e. The van der Waals surface area contributed by atoms with Gasteiger partial charge in [-0.3, -0.25) is 0 Å². The molecule has 0 radical (unpaired) electrons. The van der Waals surface area contributed by atoms with Crippen molar-refractivity contribution in [2.75, 3.05) is 0 Å². The topological polar surface area (TPSA) is 24.7 Å². The van der Waals surface area contributed by atoms with Crippen LogP contribution in [0, 0.1) is 11.8 Å². The van der Waals surface area contributed by atoms with E-state index in [1.165, 1.54) is 0 Å². The molecule has 0 aliphatic heterocycles. The summed E-state index contributed by atoms with van der Waals surface area (Å²) in [4.78, 5) is 8.34. The highest BCUT2D eigenvalue weighted by Crippen LogP contribution is 2.16. The van der Waals surface area contributed by atoms with Crippen LogP contribution < -0.4 is 0 Å². The van der Waals surface area contributed by atoms with E-state index in [1.54, 1.807) is 6.92 Å². The van der Waals surface area contributed by atoms with Crippen LogP contribution in [0.3, 0.4) is 0 Å². The monoisotopic (exact) mass is 232 g/mol. The first-order valence-electron chi connectivity index (χ1n) is 5.63. The maximum absolute atomic E-state index is 4.20. The molecule has 0 atom stereocenters. The van der Waals surface area contributed by atoms with Crippen LogP contribution in [0.25, 0.3) is 0 Å². The third-order valence-corrected chi connectivity index (χ3v) is 2.27. The van der Waals surface area contributed by atoms with Gasteiger partial charge in [0.2, 0.25) is 0 Å². The van der Waals surface area contributed by atoms with Gasteiger partial charge in [0, 0.05) is 0 Å². The molecule has 0 bridgehead atoms. The van der Waals surface area contributed by atoms with Crippen LogP contribution in [-0.4, -0.2) is 6.01 Å². The van der Waals surface area contributed by atoms with Gasteiger partial charge in [0.05, 0.1) is 16.9 Å². The lowest BCUT2D eigenvalue weighted by Crippen LogP contribution is -1.74. The van der Waals surface area contributed by atoms with Gasteiger partial charge in [-0.1, -0.05) is 36.3 Å². The first-order chi connectivity index (χ1) is 8.90. The molecule has 0 amide bonds. The van der Waals surface area contributed by atoms with Crippen LogP contribution >= 0.6 is 0 Å². The maximum atomic E-state index is 4.20. The minimum atomic E-state index is 0.784. The predicted molar refractivity (Wildman–Crippen MR) is 74.6 cm³/mol. The lowest BCUT2D eigenvalue weighted by molar-refractivity contribution is 1.47. The summed E-state index contributed by atoms with van der Waals surface area (Å²) in [7, 11) is 0. The zero-order valence-electron chi connectivity index (χ0n) is 10.1. The second-order valence-electron chi connectivity index (χ2n) is 3.55. The molecule has 0 heterocycles. The van der Waals surface area contributed by atoms with Crippen molar-refractivity contribution in [1.82, 2.24) is 0 Å². The Hall–Kier alpha value is -2.62. The molecule has 0 saturated carbocycles. The van der Waals surface area contributed by atoms with Crippen molar-refractivity contribution in [3.8, 4) is 11.8 Å². The van der Waals surface area contributed by atoms with Gasteiger partial charge < -0.3 is 0 Å². The minimum Gasteiger partial charge on any atom is -0.188 e. The molecule has 18 heavy (non-hydrogen) atoms. The van der Waals surface area contributed by atoms with E-state index in [1.807, 2.05) is 54.6 Å². The van der Waals surface area contributed by atoms with Gasteiger partial charge >= 0.3 is 0 Å². The number of benzene rings is 2. The molecule has 0 fully saturated rings. The Bertz CT molecular complexity index is 640. The Morgan fingerprint density at radius 2 is 1.56 bits per heavy atom. The molecular weight excluding hydrogens is 220 g/mol. The normalized spacial score (nSPS) is 8.72. The molecule has 2 rings (SSSR count). The van der Waals surface area contributed by atoms with Crippen molar-refractivity contribution in [2.24, 2.45) is 9.98 Å². The summed E-state index contributed by atoms with van der Waals surface area (Å²) < 4.78 is 0. The lowest BCUT2D eigenvalue weighted by atomic mass is 10.2. The molecule has 2 heteroatoms. The molecule has 0 N–H and O–H groups in total. The predicted octanol–water partition coefficient (Wildman–Crippen LogP) is 4.20. The average Bonchev–Trinajstić information content (AvgIpc) is 2.42. The average molecular weight is 232 g/mol. The van der Waals surface area contributed by atoms with E-state index < -0.39 is 0 Å². The Labute approximate surface area is 107 Å². The Kier molecular flexibility index (Phi) is 4.08. The molecule has 0 spiro atoms. The van der Waals surface area contributed by atoms with Gasteiger partial charge in [0.25, 0.3) is 0 Å². The fourth-order valence-electron chi connectivity index (χ4n) is 1.45. The summed E-state index contributed by atoms with van der Waals surface area (Å²) in [5.41, 5.74) is 2.50. The molecule has 0 aliphatic rings. The fourth-order valence-corrected chi connectivity index (χ4v) is 1.45. The first kappa shape index (κ1) is 11.9. The molecule has 2 aromatic rings. The largest absolute Gasteiger partial charge is 0.188 e. The van der Waals surface area contributed by atoms with Crippen molar-refractivity contribution in [1.29, 1.82) is 0 Å². The molecule has 0 saturated heterocycles. The third-order valence-electron chi connectivity index (χ3n) is 2.27. The number of hydrogen-bond donors (Lipinski definition) is 0. The lowest BCUT2D eigenvalue weighted by Gasteiger charge is -1.94. The van der Waals surface area contributed by atoms with E-state index in [0.717, 1.165) is 16.9 Å². The summed E-state index contributed by atoms with van der Waals surface area (Å²) >= 11 is 0. The van der Waals surface area contributed by atoms with E-state index in [9.17, 15) is 0 Å². The molecule has 0 aliphatic carbocycles. The zero-order chi connectivity index (χ0) is 12.6. The Balaban J connectivity index is 2.28. The highest BCUT2D eigenvalue weighted by atomic mass is 14.8. The van der Waals surface area contributed by atoms with Gasteiger partial charge in [0.1, 0.15) is 6.01 Å². The molecule has 0 unspecified atom stereocenters. The van der Waals surface area contributed by atoms with Gasteiger partial charge in [0.15, 0.2) is 0 Å². The molecule has 86 valence electrons. The van der Waals surface area contributed by atoms with Crippen LogP contribution in [0.15, 0.2) is 64.6 Å². The second-order valence-corrected chi connectivity index (χ2v) is 3.55. The van der Waals surface area contributed by atoms with Crippen molar-refractivity contribution in [3.63, 3.8) is 0 Å². The number of nitrogens with zero attached hydrogens (tertiary/aromatic N) is 2. The van der Waals surface area contributed by atoms with E-state index >= 15 is 0 Å². The van der Waals surface area contributed by atoms with Gasteiger partial charge in [-0.15, -0.1) is 5.92 Å². The second kappa shape index (κ2) is 6.20. The number of hydrogen-bond acceptors (Lipinski definition) is 2. The van der Waals surface area contributed by atoms with Crippen LogP contribution in [-0.2, 0) is 0 Å². The van der Waals surface area contributed by atoms with Gasteiger partial charge in [-0.05, 0) is 31.2 Å². The molecule has 2 nitrogen and oxygen atoms in total. The molecule has 2 aromatic carbocycles. The summed E-state index contributed by atoms with van der Waals surface area (Å²) in [5, 5.41) is 0. The van der Waals surface area contributed by atoms with E-state index in [0.29, 0.717) is 0 Å². The SMILES string of the molecule is CC#Cc1ccccc1N=C=Nc1ccccc1. The fraction of sp³-hybridized carbons (Fsp3) is 0.0625. The van der Waals surface area contributed by atoms with E-state index in [4.69, 9.17) is 0 Å². The van der Waals surface area contributed by atoms with Gasteiger partial charge in [-0.2, -0.15) is 9.98 Å². The molecule has 0 aromatic heterocycles. The Morgan fingerprint density at radius 3 is 2.33 bits per heavy atom. The number of aliphatic imine (C=N–C) groups is 2. The summed E-state index contributed by atoms with van der Waals surface area (Å²) in [6.45, 7) is 1.80. The van der Waals surface area contributed by atoms with Gasteiger partial charge in [-0.25, -0.2) is 0 Å². The molecular formula is C16H12N2. The van der Waals surface area contributed by atoms with Crippen LogP contribution in [0.2, 0.25) is 0 Å². The zero-order valence-corrected chi connectivity index (χ0v) is 10.1. The van der Waals surface area contributed by atoms with E-state index in [2.05, 4.69) is 27.8 Å². The van der Waals surface area contributed by atoms with Crippen molar-refractivity contribution < 1.29 is 0 Å². The van der Waals surface area contributed by atoms with E-state index in [-0.39, 0.29) is 0 Å². The quantitative estimate of drug-likeness (QED) is 0.547. The summed E-state index contributed by atoms with van der Waals surface area (Å²) in [6, 6.07) is 20.0. The summed E-state index contributed by atoms with van der Waals surface area (Å²) in [6.07, 6.45) is 0.